The molecule has 0 unspecified atom stereocenters. The normalized spacial score (nSPS) is 12.0. The summed E-state index contributed by atoms with van der Waals surface area (Å²) in [5.41, 5.74) is 0.186. The lowest BCUT2D eigenvalue weighted by Gasteiger charge is -2.13. The summed E-state index contributed by atoms with van der Waals surface area (Å²) in [6, 6.07) is 2.33. The number of pyridine rings is 2. The van der Waals surface area contributed by atoms with Crippen molar-refractivity contribution in [2.24, 2.45) is 0 Å². The molecule has 22 heavy (non-hydrogen) atoms. The monoisotopic (exact) mass is 347 g/mol. The minimum absolute atomic E-state index is 0.0271. The highest BCUT2D eigenvalue weighted by Gasteiger charge is 2.32. The van der Waals surface area contributed by atoms with Crippen molar-refractivity contribution in [1.29, 1.82) is 0 Å². The molecule has 1 N–H and O–H groups in total. The van der Waals surface area contributed by atoms with Crippen molar-refractivity contribution >= 4 is 23.2 Å². The smallest absolute Gasteiger partial charge is 0.417 e. The molecule has 0 aliphatic carbocycles. The van der Waals surface area contributed by atoms with Crippen LogP contribution in [0.4, 0.5) is 13.2 Å². The lowest BCUT2D eigenvalue weighted by molar-refractivity contribution is -0.137. The van der Waals surface area contributed by atoms with E-state index < -0.39 is 11.7 Å². The Morgan fingerprint density at radius 1 is 1.09 bits per heavy atom. The van der Waals surface area contributed by atoms with Crippen molar-refractivity contribution in [3.63, 3.8) is 0 Å². The molecule has 0 bridgehead atoms. The van der Waals surface area contributed by atoms with Gasteiger partial charge in [0.05, 0.1) is 28.2 Å². The molecule has 9 heteroatoms. The Morgan fingerprint density at radius 3 is 2.45 bits per heavy atom. The maximum Gasteiger partial charge on any atom is 0.417 e. The van der Waals surface area contributed by atoms with Crippen LogP contribution in [-0.4, -0.2) is 19.9 Å². The van der Waals surface area contributed by atoms with Gasteiger partial charge in [-0.05, 0) is 12.1 Å². The Labute approximate surface area is 132 Å². The van der Waals surface area contributed by atoms with Gasteiger partial charge in [0.2, 0.25) is 0 Å². The second kappa shape index (κ2) is 5.03. The fourth-order valence-electron chi connectivity index (χ4n) is 2.04. The zero-order chi connectivity index (χ0) is 16.1. The molecule has 0 radical (unpaired) electrons. The van der Waals surface area contributed by atoms with E-state index in [0.717, 1.165) is 6.07 Å². The number of hydrogen-bond donors (Lipinski definition) is 1. The first kappa shape index (κ1) is 14.9. The van der Waals surface area contributed by atoms with Crippen molar-refractivity contribution < 1.29 is 18.4 Å². The van der Waals surface area contributed by atoms with Crippen LogP contribution >= 0.6 is 23.2 Å². The van der Waals surface area contributed by atoms with Crippen LogP contribution in [0.25, 0.3) is 22.5 Å². The third-order valence-electron chi connectivity index (χ3n) is 3.05. The number of hydrogen-bond acceptors (Lipinski definition) is 3. The van der Waals surface area contributed by atoms with E-state index in [1.54, 1.807) is 6.07 Å². The molecule has 0 saturated heterocycles. The van der Waals surface area contributed by atoms with E-state index in [1.807, 2.05) is 0 Å². The number of aromatic nitrogens is 3. The van der Waals surface area contributed by atoms with Gasteiger partial charge in [-0.15, -0.1) is 0 Å². The summed E-state index contributed by atoms with van der Waals surface area (Å²) in [5, 5.41) is 9.58. The predicted octanol–water partition coefficient (Wildman–Crippen LogP) is 4.61. The van der Waals surface area contributed by atoms with Crippen molar-refractivity contribution in [2.75, 3.05) is 0 Å². The van der Waals surface area contributed by atoms with Crippen LogP contribution in [0.2, 0.25) is 10.2 Å². The molecular weight excluding hydrogens is 342 g/mol. The minimum Gasteiger partial charge on any atom is -0.428 e. The molecule has 3 rings (SSSR count). The van der Waals surface area contributed by atoms with Crippen LogP contribution < -0.4 is 0 Å². The number of alkyl halides is 3. The maximum atomic E-state index is 12.6. The zero-order valence-corrected chi connectivity index (χ0v) is 12.1. The molecule has 0 fully saturated rings. The van der Waals surface area contributed by atoms with Crippen LogP contribution in [-0.2, 0) is 6.18 Å². The highest BCUT2D eigenvalue weighted by Crippen LogP contribution is 2.40. The highest BCUT2D eigenvalue weighted by molar-refractivity contribution is 6.34. The van der Waals surface area contributed by atoms with Crippen molar-refractivity contribution in [3.8, 4) is 22.5 Å². The molecule has 0 aromatic carbocycles. The maximum absolute atomic E-state index is 12.6. The minimum atomic E-state index is -4.54. The van der Waals surface area contributed by atoms with Gasteiger partial charge in [-0.3, -0.25) is 9.97 Å². The summed E-state index contributed by atoms with van der Waals surface area (Å²) in [5.74, 6) is 0. The van der Waals surface area contributed by atoms with E-state index in [9.17, 15) is 18.4 Å². The summed E-state index contributed by atoms with van der Waals surface area (Å²) < 4.78 is 38.6. The molecule has 2 aliphatic heterocycles. The molecule has 0 atom stereocenters. The third kappa shape index (κ3) is 2.36. The SMILES string of the molecule is On1cc(-c2ncc(C(F)(F)F)cc2Cl)c2nccc-2c1Cl. The molecule has 2 aliphatic rings. The first-order valence-electron chi connectivity index (χ1n) is 5.87. The summed E-state index contributed by atoms with van der Waals surface area (Å²) in [4.78, 5) is 7.84. The van der Waals surface area contributed by atoms with Gasteiger partial charge in [0, 0.05) is 23.5 Å². The quantitative estimate of drug-likeness (QED) is 0.516. The molecule has 0 spiro atoms. The van der Waals surface area contributed by atoms with Crippen LogP contribution in [0.1, 0.15) is 5.56 Å². The molecule has 0 saturated carbocycles. The van der Waals surface area contributed by atoms with E-state index in [4.69, 9.17) is 23.2 Å². The fourth-order valence-corrected chi connectivity index (χ4v) is 2.51. The van der Waals surface area contributed by atoms with Crippen LogP contribution in [0, 0.1) is 0 Å². The van der Waals surface area contributed by atoms with Crippen molar-refractivity contribution in [1.82, 2.24) is 14.7 Å². The summed E-state index contributed by atoms with van der Waals surface area (Å²) in [7, 11) is 0. The molecule has 1 aromatic rings. The lowest BCUT2D eigenvalue weighted by atomic mass is 10.1. The van der Waals surface area contributed by atoms with Crippen LogP contribution in [0.5, 0.6) is 0 Å². The first-order chi connectivity index (χ1) is 10.3. The van der Waals surface area contributed by atoms with Crippen molar-refractivity contribution in [2.45, 2.75) is 6.18 Å². The third-order valence-corrected chi connectivity index (χ3v) is 3.72. The molecular formula is C13H6Cl2F3N3O. The van der Waals surface area contributed by atoms with Gasteiger partial charge >= 0.3 is 6.18 Å². The van der Waals surface area contributed by atoms with Gasteiger partial charge in [-0.25, -0.2) is 0 Å². The molecule has 114 valence electrons. The Balaban J connectivity index is 2.21. The van der Waals surface area contributed by atoms with Gasteiger partial charge in [0.25, 0.3) is 0 Å². The Kier molecular flexibility index (Phi) is 3.41. The average molecular weight is 348 g/mol. The molecule has 3 heterocycles. The Hall–Kier alpha value is -1.99. The van der Waals surface area contributed by atoms with Gasteiger partial charge in [-0.1, -0.05) is 23.2 Å². The highest BCUT2D eigenvalue weighted by atomic mass is 35.5. The number of nitrogens with zero attached hydrogens (tertiary/aromatic N) is 3. The van der Waals surface area contributed by atoms with E-state index in [1.165, 1.54) is 12.4 Å². The molecule has 1 aromatic heterocycles. The second-order valence-electron chi connectivity index (χ2n) is 4.44. The lowest BCUT2D eigenvalue weighted by Crippen LogP contribution is -2.06. The van der Waals surface area contributed by atoms with Crippen LogP contribution in [0.15, 0.2) is 30.7 Å². The summed E-state index contributed by atoms with van der Waals surface area (Å²) in [6.07, 6.45) is -1.22. The van der Waals surface area contributed by atoms with Gasteiger partial charge in [0.1, 0.15) is 0 Å². The van der Waals surface area contributed by atoms with Gasteiger partial charge in [-0.2, -0.15) is 17.9 Å². The van der Waals surface area contributed by atoms with E-state index in [2.05, 4.69) is 9.97 Å². The Morgan fingerprint density at radius 2 is 1.82 bits per heavy atom. The molecule has 0 amide bonds. The molecule has 4 nitrogen and oxygen atoms in total. The number of rotatable bonds is 1. The fraction of sp³-hybridized carbons (Fsp3) is 0.0769. The van der Waals surface area contributed by atoms with E-state index >= 15 is 0 Å². The first-order valence-corrected chi connectivity index (χ1v) is 6.62. The predicted molar refractivity (Wildman–Crippen MR) is 74.3 cm³/mol. The second-order valence-corrected chi connectivity index (χ2v) is 5.20. The van der Waals surface area contributed by atoms with Gasteiger partial charge in [0.15, 0.2) is 5.15 Å². The van der Waals surface area contributed by atoms with Crippen LogP contribution in [0.3, 0.4) is 0 Å². The summed E-state index contributed by atoms with van der Waals surface area (Å²) in [6.45, 7) is 0. The topological polar surface area (TPSA) is 50.9 Å². The van der Waals surface area contributed by atoms with E-state index in [0.29, 0.717) is 22.2 Å². The van der Waals surface area contributed by atoms with E-state index in [-0.39, 0.29) is 21.4 Å². The number of fused-ring (bicyclic) bond motifs is 1. The van der Waals surface area contributed by atoms with Crippen molar-refractivity contribution in [3.05, 3.63) is 46.5 Å². The Bertz CT molecular complexity index is 832. The number of halogens is 5. The van der Waals surface area contributed by atoms with Gasteiger partial charge < -0.3 is 5.21 Å². The summed E-state index contributed by atoms with van der Waals surface area (Å²) >= 11 is 11.8. The standard InChI is InChI=1S/C13H6Cl2F3N3O/c14-9-3-6(13(16,17)18)4-20-11(9)8-5-21(22)12(15)7-1-2-19-10(7)8/h1-5,22H. The average Bonchev–Trinajstić information content (AvgIpc) is 2.92. The zero-order valence-electron chi connectivity index (χ0n) is 10.6. The largest absolute Gasteiger partial charge is 0.428 e.